The van der Waals surface area contributed by atoms with Gasteiger partial charge < -0.3 is 10.1 Å². The van der Waals surface area contributed by atoms with E-state index in [1.807, 2.05) is 36.4 Å². The van der Waals surface area contributed by atoms with Crippen LogP contribution in [0.5, 0.6) is 5.75 Å². The van der Waals surface area contributed by atoms with Crippen LogP contribution in [0.15, 0.2) is 71.8 Å². The van der Waals surface area contributed by atoms with Crippen LogP contribution < -0.4 is 25.5 Å². The first-order valence-electron chi connectivity index (χ1n) is 9.58. The molecule has 0 unspecified atom stereocenters. The average Bonchev–Trinajstić information content (AvgIpc) is 2.94. The van der Waals surface area contributed by atoms with Crippen LogP contribution in [-0.4, -0.2) is 17.0 Å². The molecule has 0 atom stereocenters. The summed E-state index contributed by atoms with van der Waals surface area (Å²) in [6.45, 7) is 0. The SMILES string of the molecule is COc1ccc(Nc2nc3ccccc3sc(=N)/c2=N\Nc2ccc([N+](=O)[O-])cc2Cl)cc1. The largest absolute Gasteiger partial charge is 0.497 e. The lowest BCUT2D eigenvalue weighted by Gasteiger charge is -2.07. The van der Waals surface area contributed by atoms with Gasteiger partial charge >= 0.3 is 0 Å². The number of nitro groups is 1. The van der Waals surface area contributed by atoms with Crippen molar-refractivity contribution < 1.29 is 9.66 Å². The van der Waals surface area contributed by atoms with E-state index in [4.69, 9.17) is 26.7 Å². The van der Waals surface area contributed by atoms with E-state index < -0.39 is 4.92 Å². The summed E-state index contributed by atoms with van der Waals surface area (Å²) in [5.74, 6) is 1.06. The van der Waals surface area contributed by atoms with E-state index >= 15 is 0 Å². The molecule has 33 heavy (non-hydrogen) atoms. The first-order valence-corrected chi connectivity index (χ1v) is 10.8. The number of aromatic nitrogens is 1. The van der Waals surface area contributed by atoms with Gasteiger partial charge in [0.15, 0.2) is 11.2 Å². The minimum absolute atomic E-state index is 0.130. The normalized spacial score (nSPS) is 11.3. The van der Waals surface area contributed by atoms with Crippen LogP contribution in [0.4, 0.5) is 22.9 Å². The first-order chi connectivity index (χ1) is 15.9. The number of hydrogen-bond donors (Lipinski definition) is 3. The second-order valence-corrected chi connectivity index (χ2v) is 8.17. The molecular weight excluding hydrogens is 464 g/mol. The van der Waals surface area contributed by atoms with E-state index in [0.717, 1.165) is 10.4 Å². The Morgan fingerprint density at radius 2 is 1.91 bits per heavy atom. The Hall–Kier alpha value is -4.02. The highest BCUT2D eigenvalue weighted by molar-refractivity contribution is 7.15. The minimum atomic E-state index is -0.528. The van der Waals surface area contributed by atoms with E-state index in [9.17, 15) is 10.1 Å². The van der Waals surface area contributed by atoms with Gasteiger partial charge in [-0.2, -0.15) is 5.10 Å². The smallest absolute Gasteiger partial charge is 0.271 e. The third-order valence-corrected chi connectivity index (χ3v) is 5.83. The zero-order valence-electron chi connectivity index (χ0n) is 17.2. The monoisotopic (exact) mass is 480 g/mol. The van der Waals surface area contributed by atoms with Crippen molar-refractivity contribution in [3.8, 4) is 5.75 Å². The lowest BCUT2D eigenvalue weighted by atomic mass is 10.3. The predicted molar refractivity (Wildman–Crippen MR) is 129 cm³/mol. The van der Waals surface area contributed by atoms with Gasteiger partial charge in [0.25, 0.3) is 5.69 Å². The summed E-state index contributed by atoms with van der Waals surface area (Å²) < 4.78 is 6.17. The number of benzene rings is 3. The molecule has 0 spiro atoms. The zero-order valence-corrected chi connectivity index (χ0v) is 18.8. The van der Waals surface area contributed by atoms with Crippen LogP contribution in [-0.2, 0) is 0 Å². The molecule has 1 aromatic heterocycles. The van der Waals surface area contributed by atoms with Crippen molar-refractivity contribution in [2.75, 3.05) is 17.9 Å². The van der Waals surface area contributed by atoms with Gasteiger partial charge in [-0.25, -0.2) is 4.98 Å². The standard InChI is InChI=1S/C22H17ClN6O3S/c1-32-15-9-6-13(7-10-15)25-22-20(21(24)33-19-5-3-2-4-18(19)26-22)28-27-17-11-8-14(29(30)31)12-16(17)23/h2-12,24,27H,1H3,(H,25,26)/b24-21?,28-20+. The van der Waals surface area contributed by atoms with E-state index in [-0.39, 0.29) is 20.7 Å². The molecule has 4 rings (SSSR count). The van der Waals surface area contributed by atoms with E-state index in [0.29, 0.717) is 22.8 Å². The summed E-state index contributed by atoms with van der Waals surface area (Å²) >= 11 is 7.40. The van der Waals surface area contributed by atoms with Crippen LogP contribution in [0.2, 0.25) is 5.02 Å². The van der Waals surface area contributed by atoms with Crippen LogP contribution in [0.25, 0.3) is 10.2 Å². The molecule has 1 heterocycles. The molecule has 3 N–H and O–H groups in total. The number of rotatable bonds is 6. The fourth-order valence-electron chi connectivity index (χ4n) is 2.90. The molecule has 166 valence electrons. The summed E-state index contributed by atoms with van der Waals surface area (Å²) in [5.41, 5.74) is 4.46. The maximum Gasteiger partial charge on any atom is 0.271 e. The van der Waals surface area contributed by atoms with Crippen molar-refractivity contribution in [3.63, 3.8) is 0 Å². The number of nitrogens with zero attached hydrogens (tertiary/aromatic N) is 3. The Balaban J connectivity index is 1.83. The highest BCUT2D eigenvalue weighted by Crippen LogP contribution is 2.26. The van der Waals surface area contributed by atoms with Crippen molar-refractivity contribution >= 4 is 56.0 Å². The molecule has 0 aliphatic heterocycles. The first kappa shape index (κ1) is 22.2. The molecule has 0 bridgehead atoms. The topological polar surface area (TPSA) is 126 Å². The Kier molecular flexibility index (Phi) is 6.48. The van der Waals surface area contributed by atoms with Gasteiger partial charge in [0.05, 0.1) is 33.0 Å². The number of anilines is 3. The van der Waals surface area contributed by atoms with Crippen LogP contribution in [0, 0.1) is 15.5 Å². The fourth-order valence-corrected chi connectivity index (χ4v) is 3.94. The second kappa shape index (κ2) is 9.63. The van der Waals surface area contributed by atoms with Gasteiger partial charge in [-0.15, -0.1) is 11.3 Å². The number of nitrogens with one attached hydrogen (secondary N) is 3. The number of nitro benzene ring substituents is 1. The molecule has 4 aromatic rings. The Labute approximate surface area is 196 Å². The van der Waals surface area contributed by atoms with Gasteiger partial charge in [0, 0.05) is 17.8 Å². The van der Waals surface area contributed by atoms with Gasteiger partial charge in [-0.3, -0.25) is 20.9 Å². The Bertz CT molecular complexity index is 1470. The Morgan fingerprint density at radius 3 is 2.61 bits per heavy atom. The number of methoxy groups -OCH3 is 1. The summed E-state index contributed by atoms with van der Waals surface area (Å²) in [4.78, 5) is 15.1. The van der Waals surface area contributed by atoms with Gasteiger partial charge in [-0.05, 0) is 42.5 Å². The summed E-state index contributed by atoms with van der Waals surface area (Å²) in [7, 11) is 1.59. The molecule has 0 aliphatic rings. The number of non-ortho nitro benzene ring substituents is 1. The molecule has 0 saturated heterocycles. The lowest BCUT2D eigenvalue weighted by Crippen LogP contribution is -2.25. The van der Waals surface area contributed by atoms with Crippen molar-refractivity contribution in [1.29, 1.82) is 5.41 Å². The average molecular weight is 481 g/mol. The highest BCUT2D eigenvalue weighted by atomic mass is 35.5. The van der Waals surface area contributed by atoms with Gasteiger partial charge in [0.2, 0.25) is 0 Å². The number of halogens is 1. The van der Waals surface area contributed by atoms with E-state index in [1.54, 1.807) is 19.2 Å². The molecule has 0 fully saturated rings. The lowest BCUT2D eigenvalue weighted by molar-refractivity contribution is -0.384. The van der Waals surface area contributed by atoms with E-state index in [2.05, 4.69) is 15.8 Å². The predicted octanol–water partition coefficient (Wildman–Crippen LogP) is 5.02. The zero-order chi connectivity index (χ0) is 23.4. The molecular formula is C22H17ClN6O3S. The third-order valence-electron chi connectivity index (χ3n) is 4.55. The minimum Gasteiger partial charge on any atom is -0.497 e. The summed E-state index contributed by atoms with van der Waals surface area (Å²) in [6.07, 6.45) is 0. The molecule has 9 nitrogen and oxygen atoms in total. The highest BCUT2D eigenvalue weighted by Gasteiger charge is 2.10. The molecule has 0 amide bonds. The summed E-state index contributed by atoms with van der Waals surface area (Å²) in [5, 5.41) is 27.5. The molecule has 3 aromatic carbocycles. The number of ether oxygens (including phenoxy) is 1. The number of para-hydroxylation sites is 1. The van der Waals surface area contributed by atoms with Crippen molar-refractivity contribution in [1.82, 2.24) is 4.98 Å². The van der Waals surface area contributed by atoms with Crippen LogP contribution in [0.3, 0.4) is 0 Å². The van der Waals surface area contributed by atoms with Crippen LogP contribution >= 0.6 is 22.9 Å². The Morgan fingerprint density at radius 1 is 1.15 bits per heavy atom. The number of fused-ring (bicyclic) bond motifs is 1. The maximum atomic E-state index is 11.0. The van der Waals surface area contributed by atoms with Crippen LogP contribution in [0.1, 0.15) is 0 Å². The maximum absolute atomic E-state index is 11.0. The fraction of sp³-hybridized carbons (Fsp3) is 0.0455. The number of hydrogen-bond acceptors (Lipinski definition) is 9. The second-order valence-electron chi connectivity index (χ2n) is 6.71. The quantitative estimate of drug-likeness (QED) is 0.263. The molecule has 11 heteroatoms. The molecule has 0 saturated carbocycles. The third kappa shape index (κ3) is 5.08. The van der Waals surface area contributed by atoms with Gasteiger partial charge in [0.1, 0.15) is 10.4 Å². The van der Waals surface area contributed by atoms with E-state index in [1.165, 1.54) is 29.5 Å². The van der Waals surface area contributed by atoms with Gasteiger partial charge in [-0.1, -0.05) is 23.7 Å². The van der Waals surface area contributed by atoms with Crippen molar-refractivity contribution in [3.05, 3.63) is 91.9 Å². The molecule has 0 radical (unpaired) electrons. The molecule has 0 aliphatic carbocycles. The summed E-state index contributed by atoms with van der Waals surface area (Å²) in [6, 6.07) is 18.8. The van der Waals surface area contributed by atoms with Crippen molar-refractivity contribution in [2.24, 2.45) is 5.10 Å². The van der Waals surface area contributed by atoms with Crippen molar-refractivity contribution in [2.45, 2.75) is 0 Å².